The van der Waals surface area contributed by atoms with Crippen molar-refractivity contribution in [1.82, 2.24) is 25.1 Å². The van der Waals surface area contributed by atoms with Gasteiger partial charge in [0.1, 0.15) is 30.7 Å². The molecule has 9 heteroatoms. The molecule has 4 aromatic rings. The number of benzene rings is 2. The maximum Gasteiger partial charge on any atom is 0.242 e. The Hall–Kier alpha value is -4.27. The molecule has 0 atom stereocenters. The van der Waals surface area contributed by atoms with E-state index in [-0.39, 0.29) is 24.9 Å². The maximum absolute atomic E-state index is 12.2. The van der Waals surface area contributed by atoms with E-state index in [1.807, 2.05) is 42.5 Å². The van der Waals surface area contributed by atoms with Crippen LogP contribution in [0.3, 0.4) is 0 Å². The Labute approximate surface area is 184 Å². The van der Waals surface area contributed by atoms with E-state index in [2.05, 4.69) is 25.7 Å². The number of hydrogen-bond acceptors (Lipinski definition) is 6. The molecule has 0 saturated heterocycles. The molecule has 2 N–H and O–H groups in total. The molecule has 0 aliphatic rings. The minimum atomic E-state index is -0.199. The number of nitrogens with zero attached hydrogens (tertiary/aromatic N) is 4. The van der Waals surface area contributed by atoms with E-state index in [1.54, 1.807) is 19.1 Å². The van der Waals surface area contributed by atoms with E-state index in [4.69, 9.17) is 4.42 Å². The first-order valence-electron chi connectivity index (χ1n) is 10.1. The van der Waals surface area contributed by atoms with Crippen molar-refractivity contribution in [2.75, 3.05) is 5.32 Å². The molecule has 32 heavy (non-hydrogen) atoms. The standard InChI is InChI=1S/C23H22N6O3/c1-16-20(12-25-22(31)13-29-15-24-14-26-29)28-23(32-16)18-7-9-19(10-8-18)27-21(30)11-17-5-3-2-4-6-17/h2-10,14-15H,11-13H2,1H3,(H,25,31)(H,27,30). The van der Waals surface area contributed by atoms with Crippen LogP contribution in [0.2, 0.25) is 0 Å². The summed E-state index contributed by atoms with van der Waals surface area (Å²) >= 11 is 0. The minimum Gasteiger partial charge on any atom is -0.441 e. The molecular weight excluding hydrogens is 408 g/mol. The Morgan fingerprint density at radius 1 is 1.03 bits per heavy atom. The van der Waals surface area contributed by atoms with E-state index in [1.165, 1.54) is 17.3 Å². The molecule has 0 fully saturated rings. The van der Waals surface area contributed by atoms with Gasteiger partial charge in [-0.1, -0.05) is 30.3 Å². The van der Waals surface area contributed by atoms with Gasteiger partial charge in [0, 0.05) is 11.3 Å². The lowest BCUT2D eigenvalue weighted by Gasteiger charge is -2.06. The zero-order valence-corrected chi connectivity index (χ0v) is 17.5. The smallest absolute Gasteiger partial charge is 0.242 e. The first kappa shape index (κ1) is 21.0. The summed E-state index contributed by atoms with van der Waals surface area (Å²) in [5.41, 5.74) is 3.07. The van der Waals surface area contributed by atoms with Crippen molar-refractivity contribution in [2.24, 2.45) is 0 Å². The molecule has 0 radical (unpaired) electrons. The highest BCUT2D eigenvalue weighted by atomic mass is 16.4. The Morgan fingerprint density at radius 3 is 2.53 bits per heavy atom. The highest BCUT2D eigenvalue weighted by Crippen LogP contribution is 2.23. The fraction of sp³-hybridized carbons (Fsp3) is 0.174. The second kappa shape index (κ2) is 9.69. The van der Waals surface area contributed by atoms with Crippen LogP contribution < -0.4 is 10.6 Å². The summed E-state index contributed by atoms with van der Waals surface area (Å²) in [6.07, 6.45) is 3.17. The number of carbonyl (C=O) groups is 2. The van der Waals surface area contributed by atoms with Gasteiger partial charge in [0.25, 0.3) is 0 Å². The number of nitrogens with one attached hydrogen (secondary N) is 2. The Kier molecular flexibility index (Phi) is 6.35. The van der Waals surface area contributed by atoms with Crippen molar-refractivity contribution in [3.05, 3.63) is 84.3 Å². The summed E-state index contributed by atoms with van der Waals surface area (Å²) < 4.78 is 7.20. The van der Waals surface area contributed by atoms with Crippen molar-refractivity contribution in [2.45, 2.75) is 26.4 Å². The summed E-state index contributed by atoms with van der Waals surface area (Å²) in [5, 5.41) is 9.59. The van der Waals surface area contributed by atoms with Gasteiger partial charge in [-0.25, -0.2) is 14.6 Å². The van der Waals surface area contributed by atoms with E-state index in [0.717, 1.165) is 11.1 Å². The molecule has 0 aliphatic heterocycles. The fourth-order valence-corrected chi connectivity index (χ4v) is 3.10. The largest absolute Gasteiger partial charge is 0.441 e. The number of aryl methyl sites for hydroxylation is 1. The van der Waals surface area contributed by atoms with Crippen LogP contribution in [0, 0.1) is 6.92 Å². The van der Waals surface area contributed by atoms with Gasteiger partial charge in [-0.3, -0.25) is 9.59 Å². The highest BCUT2D eigenvalue weighted by Gasteiger charge is 2.13. The van der Waals surface area contributed by atoms with Crippen molar-refractivity contribution in [1.29, 1.82) is 0 Å². The van der Waals surface area contributed by atoms with Gasteiger partial charge < -0.3 is 15.1 Å². The fourth-order valence-electron chi connectivity index (χ4n) is 3.10. The predicted molar refractivity (Wildman–Crippen MR) is 117 cm³/mol. The number of anilines is 1. The molecule has 2 aromatic heterocycles. The number of carbonyl (C=O) groups excluding carboxylic acids is 2. The summed E-state index contributed by atoms with van der Waals surface area (Å²) in [6.45, 7) is 2.13. The van der Waals surface area contributed by atoms with Crippen LogP contribution in [0.1, 0.15) is 17.0 Å². The molecule has 2 heterocycles. The van der Waals surface area contributed by atoms with Crippen LogP contribution in [0.5, 0.6) is 0 Å². The topological polar surface area (TPSA) is 115 Å². The predicted octanol–water partition coefficient (Wildman–Crippen LogP) is 2.74. The Balaban J connectivity index is 1.33. The number of aromatic nitrogens is 4. The van der Waals surface area contributed by atoms with Crippen LogP contribution in [0.25, 0.3) is 11.5 Å². The number of amides is 2. The lowest BCUT2D eigenvalue weighted by atomic mass is 10.1. The molecule has 2 aromatic carbocycles. The molecule has 0 bridgehead atoms. The third kappa shape index (κ3) is 5.45. The lowest BCUT2D eigenvalue weighted by molar-refractivity contribution is -0.122. The molecular formula is C23H22N6O3. The Morgan fingerprint density at radius 2 is 1.81 bits per heavy atom. The summed E-state index contributed by atoms with van der Waals surface area (Å²) in [7, 11) is 0. The number of oxazole rings is 1. The van der Waals surface area contributed by atoms with Crippen LogP contribution in [0.15, 0.2) is 71.7 Å². The van der Waals surface area contributed by atoms with Crippen molar-refractivity contribution in [3.8, 4) is 11.5 Å². The summed E-state index contributed by atoms with van der Waals surface area (Å²) in [5.74, 6) is 0.793. The van der Waals surface area contributed by atoms with E-state index >= 15 is 0 Å². The van der Waals surface area contributed by atoms with Crippen LogP contribution in [0.4, 0.5) is 5.69 Å². The zero-order chi connectivity index (χ0) is 22.3. The van der Waals surface area contributed by atoms with Gasteiger partial charge in [-0.2, -0.15) is 5.10 Å². The summed E-state index contributed by atoms with van der Waals surface area (Å²) in [4.78, 5) is 32.5. The molecule has 2 amide bonds. The van der Waals surface area contributed by atoms with Gasteiger partial charge in [0.15, 0.2) is 0 Å². The summed E-state index contributed by atoms with van der Waals surface area (Å²) in [6, 6.07) is 16.8. The molecule has 0 spiro atoms. The second-order valence-corrected chi connectivity index (χ2v) is 7.18. The van der Waals surface area contributed by atoms with Gasteiger partial charge in [0.05, 0.1) is 13.0 Å². The monoisotopic (exact) mass is 430 g/mol. The van der Waals surface area contributed by atoms with Crippen LogP contribution in [-0.2, 0) is 29.1 Å². The van der Waals surface area contributed by atoms with Gasteiger partial charge in [-0.15, -0.1) is 0 Å². The normalized spacial score (nSPS) is 10.7. The van der Waals surface area contributed by atoms with Crippen LogP contribution in [-0.4, -0.2) is 31.6 Å². The maximum atomic E-state index is 12.2. The number of rotatable bonds is 8. The van der Waals surface area contributed by atoms with Crippen molar-refractivity contribution in [3.63, 3.8) is 0 Å². The quantitative estimate of drug-likeness (QED) is 0.444. The zero-order valence-electron chi connectivity index (χ0n) is 17.5. The van der Waals surface area contributed by atoms with E-state index < -0.39 is 0 Å². The molecule has 0 saturated carbocycles. The SMILES string of the molecule is Cc1oc(-c2ccc(NC(=O)Cc3ccccc3)cc2)nc1CNC(=O)Cn1cncn1. The molecule has 0 aliphatic carbocycles. The number of hydrogen-bond donors (Lipinski definition) is 2. The third-order valence-corrected chi connectivity index (χ3v) is 4.74. The molecule has 162 valence electrons. The molecule has 4 rings (SSSR count). The minimum absolute atomic E-state index is 0.0835. The lowest BCUT2D eigenvalue weighted by Crippen LogP contribution is -2.27. The second-order valence-electron chi connectivity index (χ2n) is 7.18. The van der Waals surface area contributed by atoms with Gasteiger partial charge in [-0.05, 0) is 36.8 Å². The van der Waals surface area contributed by atoms with Crippen molar-refractivity contribution >= 4 is 17.5 Å². The van der Waals surface area contributed by atoms with Crippen molar-refractivity contribution < 1.29 is 14.0 Å². The average Bonchev–Trinajstić information content (AvgIpc) is 3.43. The van der Waals surface area contributed by atoms with Gasteiger partial charge >= 0.3 is 0 Å². The van der Waals surface area contributed by atoms with E-state index in [9.17, 15) is 9.59 Å². The Bertz CT molecular complexity index is 1180. The first-order valence-corrected chi connectivity index (χ1v) is 10.1. The first-order chi connectivity index (χ1) is 15.6. The molecule has 0 unspecified atom stereocenters. The highest BCUT2D eigenvalue weighted by molar-refractivity contribution is 5.92. The van der Waals surface area contributed by atoms with Crippen LogP contribution >= 0.6 is 0 Å². The van der Waals surface area contributed by atoms with E-state index in [0.29, 0.717) is 29.5 Å². The average molecular weight is 430 g/mol. The third-order valence-electron chi connectivity index (χ3n) is 4.74. The molecule has 9 nitrogen and oxygen atoms in total. The van der Waals surface area contributed by atoms with Gasteiger partial charge in [0.2, 0.25) is 17.7 Å².